The van der Waals surface area contributed by atoms with Gasteiger partial charge in [0.1, 0.15) is 5.75 Å². The van der Waals surface area contributed by atoms with Crippen LogP contribution in [0.2, 0.25) is 6.04 Å². The summed E-state index contributed by atoms with van der Waals surface area (Å²) < 4.78 is 31.8. The summed E-state index contributed by atoms with van der Waals surface area (Å²) in [5.74, 6) is 0.585. The van der Waals surface area contributed by atoms with Crippen LogP contribution in [0.4, 0.5) is 5.69 Å². The molecule has 1 aromatic carbocycles. The standard InChI is InChI=1S/C18H30NO8Si.Rf/c1-22-17-12-15(16(19(20)21)13-18(17)23-2)14-27-10-8-6-7-9-11-28(24-3,25-4)26-5;/h12-13H,2,6-11,14H2,1,3-5H3;/q-1;. The second kappa shape index (κ2) is 13.5. The van der Waals surface area contributed by atoms with Crippen molar-refractivity contribution < 1.29 is 32.4 Å². The van der Waals surface area contributed by atoms with Crippen LogP contribution in [0.1, 0.15) is 31.2 Å². The van der Waals surface area contributed by atoms with Crippen LogP contribution in [0.5, 0.6) is 11.5 Å². The molecule has 29 heavy (non-hydrogen) atoms. The van der Waals surface area contributed by atoms with Crippen molar-refractivity contribution in [1.29, 1.82) is 0 Å². The van der Waals surface area contributed by atoms with E-state index in [9.17, 15) is 10.1 Å². The van der Waals surface area contributed by atoms with Gasteiger partial charge in [0.15, 0.2) is 5.75 Å². The van der Waals surface area contributed by atoms with Crippen molar-refractivity contribution >= 4 is 14.5 Å². The van der Waals surface area contributed by atoms with E-state index in [1.165, 1.54) is 13.2 Å². The molecule has 0 fully saturated rings. The van der Waals surface area contributed by atoms with Crippen LogP contribution in [0.25, 0.3) is 0 Å². The average Bonchev–Trinajstić information content (AvgIpc) is 2.72. The molecule has 162 valence electrons. The van der Waals surface area contributed by atoms with Gasteiger partial charge in [0.05, 0.1) is 30.3 Å². The molecular weight excluding hydrogens is 653 g/mol. The molecule has 9 nitrogen and oxygen atoms in total. The third-order valence-corrected chi connectivity index (χ3v) is 7.26. The van der Waals surface area contributed by atoms with Crippen LogP contribution < -0.4 is 9.47 Å². The van der Waals surface area contributed by atoms with E-state index in [4.69, 9.17) is 27.5 Å². The monoisotopic (exact) mass is 683 g/mol. The number of methoxy groups -OCH3 is 1. The number of benzene rings is 1. The largest absolute Gasteiger partial charge is 0.663 e. The minimum atomic E-state index is -2.49. The zero-order valence-electron chi connectivity index (χ0n) is 17.7. The summed E-state index contributed by atoms with van der Waals surface area (Å²) in [6.45, 7) is 0.631. The van der Waals surface area contributed by atoms with Gasteiger partial charge in [-0.2, -0.15) is 7.11 Å². The summed E-state index contributed by atoms with van der Waals surface area (Å²) >= 11 is 0. The van der Waals surface area contributed by atoms with E-state index < -0.39 is 13.7 Å². The molecule has 0 saturated heterocycles. The van der Waals surface area contributed by atoms with E-state index in [1.54, 1.807) is 27.4 Å². The van der Waals surface area contributed by atoms with Gasteiger partial charge < -0.3 is 27.5 Å². The fourth-order valence-electron chi connectivity index (χ4n) is 2.79. The summed E-state index contributed by atoms with van der Waals surface area (Å²) in [6, 6.07) is 3.61. The quantitative estimate of drug-likeness (QED) is 0.0908. The van der Waals surface area contributed by atoms with Crippen LogP contribution in [0, 0.1) is 17.2 Å². The van der Waals surface area contributed by atoms with Gasteiger partial charge >= 0.3 is 8.80 Å². The number of hydrogen-bond acceptors (Lipinski definition) is 8. The topological polar surface area (TPSA) is 98.5 Å². The van der Waals surface area contributed by atoms with E-state index in [0.717, 1.165) is 31.7 Å². The van der Waals surface area contributed by atoms with Gasteiger partial charge in [0.2, 0.25) is 0 Å². The number of hydrogen-bond donors (Lipinski definition) is 0. The zero-order valence-corrected chi connectivity index (χ0v) is 25.1. The molecule has 0 N–H and O–H groups in total. The summed E-state index contributed by atoms with van der Waals surface area (Å²) in [7, 11) is 7.07. The molecular formula is C18H30NO8RfSi-. The number of nitrogens with zero attached hydrogens (tertiary/aromatic N) is 1. The van der Waals surface area contributed by atoms with E-state index >= 15 is 0 Å². The Bertz CT molecular complexity index is 608. The van der Waals surface area contributed by atoms with Gasteiger partial charge in [-0.1, -0.05) is 12.8 Å². The van der Waals surface area contributed by atoms with Gasteiger partial charge in [0, 0.05) is 34.0 Å². The van der Waals surface area contributed by atoms with Crippen molar-refractivity contribution in [2.45, 2.75) is 38.3 Å². The minimum Gasteiger partial charge on any atom is -0.663 e. The van der Waals surface area contributed by atoms with Crippen molar-refractivity contribution in [3.05, 3.63) is 34.9 Å². The van der Waals surface area contributed by atoms with Gasteiger partial charge in [-0.25, -0.2) is 0 Å². The maximum atomic E-state index is 11.3. The van der Waals surface area contributed by atoms with Gasteiger partial charge in [-0.15, -0.1) is 0 Å². The van der Waals surface area contributed by atoms with Gasteiger partial charge in [0.25, 0.3) is 5.69 Å². The minimum absolute atomic E-state index is 0. The van der Waals surface area contributed by atoms with Crippen molar-refractivity contribution in [1.82, 2.24) is 0 Å². The Morgan fingerprint density at radius 2 is 1.62 bits per heavy atom. The molecule has 0 aliphatic carbocycles. The smallest absolute Gasteiger partial charge is 0.500 e. The summed E-state index contributed by atoms with van der Waals surface area (Å²) in [6.07, 6.45) is 3.77. The van der Waals surface area contributed by atoms with Crippen molar-refractivity contribution in [2.75, 3.05) is 35.0 Å². The molecule has 0 radical (unpaired) electrons. The fraction of sp³-hybridized carbons (Fsp3) is 0.611. The summed E-state index contributed by atoms with van der Waals surface area (Å²) in [5.41, 5.74) is 0.346. The fourth-order valence-corrected chi connectivity index (χ4v) is 4.58. The summed E-state index contributed by atoms with van der Waals surface area (Å²) in [4.78, 5) is 10.8. The van der Waals surface area contributed by atoms with Crippen LogP contribution in [0.3, 0.4) is 0 Å². The number of unbranched alkanes of at least 4 members (excludes halogenated alkanes) is 3. The first-order valence-corrected chi connectivity index (χ1v) is 10.9. The van der Waals surface area contributed by atoms with Crippen molar-refractivity contribution in [2.24, 2.45) is 0 Å². The molecule has 0 aliphatic heterocycles. The SMILES string of the molecule is [CH2-]Oc1cc([N+](=O)[O-])c(COCCCCCC[Si](OC)(OC)OC)cc1OC.[Rf]. The average molecular weight is 684 g/mol. The van der Waals surface area contributed by atoms with E-state index in [0.29, 0.717) is 17.9 Å². The molecule has 1 rings (SSSR count). The molecule has 0 spiro atoms. The third-order valence-electron chi connectivity index (χ3n) is 4.43. The molecule has 0 aliphatic rings. The molecule has 0 amide bonds. The maximum absolute atomic E-state index is 11.3. The first-order valence-electron chi connectivity index (χ1n) is 8.97. The molecule has 0 unspecified atom stereocenters. The normalized spacial score (nSPS) is 11.1. The van der Waals surface area contributed by atoms with E-state index in [2.05, 4.69) is 7.11 Å². The van der Waals surface area contributed by atoms with Crippen molar-refractivity contribution in [3.63, 3.8) is 0 Å². The molecule has 0 saturated carbocycles. The van der Waals surface area contributed by atoms with Crippen LogP contribution in [0.15, 0.2) is 12.1 Å². The molecule has 1 aromatic rings. The first kappa shape index (κ1) is 26.3. The Morgan fingerprint density at radius 3 is 2.14 bits per heavy atom. The predicted molar refractivity (Wildman–Crippen MR) is 105 cm³/mol. The third kappa shape index (κ3) is 7.66. The Labute approximate surface area is 167 Å². The number of nitro groups is 1. The number of nitro benzene ring substituents is 1. The molecule has 0 aromatic heterocycles. The molecule has 0 atom stereocenters. The Balaban J connectivity index is 0.00000784. The second-order valence-corrected chi connectivity index (χ2v) is 9.14. The Morgan fingerprint density at radius 1 is 1.00 bits per heavy atom. The Hall–Kier alpha value is -2.72. The molecule has 0 heterocycles. The zero-order chi connectivity index (χ0) is 21.0. The molecule has 0 bridgehead atoms. The Kier molecular flexibility index (Phi) is 12.2. The molecule has 11 heteroatoms. The van der Waals surface area contributed by atoms with Gasteiger partial charge in [-0.3, -0.25) is 10.1 Å². The van der Waals surface area contributed by atoms with Crippen LogP contribution >= 0.6 is 0 Å². The number of ether oxygens (including phenoxy) is 3. The second-order valence-electron chi connectivity index (χ2n) is 6.05. The predicted octanol–water partition coefficient (Wildman–Crippen LogP) is 3.73. The first-order chi connectivity index (χ1) is 13.5. The van der Waals surface area contributed by atoms with E-state index in [-0.39, 0.29) is 18.0 Å². The van der Waals surface area contributed by atoms with Crippen molar-refractivity contribution in [3.8, 4) is 11.5 Å². The van der Waals surface area contributed by atoms with Crippen LogP contribution in [-0.4, -0.2) is 48.8 Å². The van der Waals surface area contributed by atoms with Gasteiger partial charge in [-0.05, 0) is 18.9 Å². The number of rotatable bonds is 15. The maximum Gasteiger partial charge on any atom is 0.500 e. The summed E-state index contributed by atoms with van der Waals surface area (Å²) in [5, 5.41) is 11.3. The van der Waals surface area contributed by atoms with E-state index in [1.807, 2.05) is 0 Å². The van der Waals surface area contributed by atoms with Crippen LogP contribution in [-0.2, 0) is 24.6 Å².